The smallest absolute Gasteiger partial charge is 0.347 e. The number of hydrogen-bond donors (Lipinski definition) is 2. The van der Waals surface area contributed by atoms with Crippen molar-refractivity contribution in [2.75, 3.05) is 30.3 Å². The predicted octanol–water partition coefficient (Wildman–Crippen LogP) is 8.31. The summed E-state index contributed by atoms with van der Waals surface area (Å²) in [5.74, 6) is 0.397. The number of hydrogen-bond acceptors (Lipinski definition) is 5. The maximum Gasteiger partial charge on any atom is 0.416 e. The van der Waals surface area contributed by atoms with Crippen LogP contribution in [-0.2, 0) is 19.0 Å². The normalized spacial score (nSPS) is 13.1. The average Bonchev–Trinajstić information content (AvgIpc) is 2.99. The van der Waals surface area contributed by atoms with Gasteiger partial charge in [-0.15, -0.1) is 0 Å². The minimum atomic E-state index is -4.47. The Labute approximate surface area is 248 Å². The summed E-state index contributed by atoms with van der Waals surface area (Å²) in [6.07, 6.45) is 6.51. The van der Waals surface area contributed by atoms with Crippen molar-refractivity contribution in [3.63, 3.8) is 0 Å². The standard InChI is InChI=1S/C22H26F3N3O.C9H12N2.C2H6/c1-16-20(8-5-9-26-16)21(29)27-19-14-17(13-18(15-19)22(23,24)25)7-6-12-28-10-3-2-4-11-28;1-3-8-5-6-11-9(7-8)10-4-2;1-2/h5,8-9,13-15H,2-4,6-7,10-12H2,1H3,(H,27,29);4-7H,2-3H2,1H3,(H,10,11);1-2H3. The van der Waals surface area contributed by atoms with E-state index in [0.29, 0.717) is 23.2 Å². The first-order chi connectivity index (χ1) is 20.2. The molecule has 42 heavy (non-hydrogen) atoms. The molecule has 1 aromatic carbocycles. The van der Waals surface area contributed by atoms with Crippen LogP contribution in [-0.4, -0.2) is 40.4 Å². The highest BCUT2D eigenvalue weighted by Gasteiger charge is 2.31. The molecule has 1 aliphatic heterocycles. The van der Waals surface area contributed by atoms with Gasteiger partial charge >= 0.3 is 6.18 Å². The van der Waals surface area contributed by atoms with Crippen LogP contribution < -0.4 is 10.6 Å². The molecule has 0 saturated carbocycles. The lowest BCUT2D eigenvalue weighted by Crippen LogP contribution is -2.30. The van der Waals surface area contributed by atoms with Crippen LogP contribution in [0.15, 0.2) is 67.6 Å². The Morgan fingerprint density at radius 1 is 1.02 bits per heavy atom. The number of aromatic nitrogens is 2. The number of aryl methyl sites for hydroxylation is 3. The van der Waals surface area contributed by atoms with Gasteiger partial charge in [0, 0.05) is 23.8 Å². The molecule has 2 N–H and O–H groups in total. The number of piperidine rings is 1. The van der Waals surface area contributed by atoms with Crippen LogP contribution in [0.3, 0.4) is 0 Å². The molecule has 4 rings (SSSR count). The molecule has 9 heteroatoms. The topological polar surface area (TPSA) is 70.1 Å². The van der Waals surface area contributed by atoms with Crippen LogP contribution in [0.5, 0.6) is 0 Å². The fourth-order valence-corrected chi connectivity index (χ4v) is 4.56. The number of likely N-dealkylation sites (tertiary alicyclic amines) is 1. The summed E-state index contributed by atoms with van der Waals surface area (Å²) in [6.45, 7) is 14.4. The first-order valence-corrected chi connectivity index (χ1v) is 14.7. The Morgan fingerprint density at radius 3 is 2.40 bits per heavy atom. The van der Waals surface area contributed by atoms with Gasteiger partial charge in [-0.25, -0.2) is 4.98 Å². The van der Waals surface area contributed by atoms with Crippen molar-refractivity contribution in [3.8, 4) is 0 Å². The lowest BCUT2D eigenvalue weighted by molar-refractivity contribution is -0.137. The SMILES string of the molecule is C=CNc1cc(CC)ccn1.CC.Cc1ncccc1C(=O)Nc1cc(CCCN2CCCCC2)cc(C(F)(F)F)c1. The molecule has 0 radical (unpaired) electrons. The Bertz CT molecular complexity index is 1260. The van der Waals surface area contributed by atoms with Gasteiger partial charge < -0.3 is 15.5 Å². The fourth-order valence-electron chi connectivity index (χ4n) is 4.56. The van der Waals surface area contributed by atoms with Crippen LogP contribution in [0, 0.1) is 6.92 Å². The van der Waals surface area contributed by atoms with Gasteiger partial charge in [0.25, 0.3) is 5.91 Å². The van der Waals surface area contributed by atoms with E-state index in [2.05, 4.69) is 39.0 Å². The van der Waals surface area contributed by atoms with Crippen molar-refractivity contribution in [2.45, 2.75) is 72.4 Å². The van der Waals surface area contributed by atoms with Crippen LogP contribution in [0.4, 0.5) is 24.7 Å². The second-order valence-electron chi connectivity index (χ2n) is 9.76. The number of pyridine rings is 2. The van der Waals surface area contributed by atoms with E-state index in [1.165, 1.54) is 30.9 Å². The summed E-state index contributed by atoms with van der Waals surface area (Å²) in [7, 11) is 0. The van der Waals surface area contributed by atoms with Crippen molar-refractivity contribution in [1.82, 2.24) is 14.9 Å². The molecule has 1 amide bonds. The largest absolute Gasteiger partial charge is 0.416 e. The summed E-state index contributed by atoms with van der Waals surface area (Å²) in [5.41, 5.74) is 2.14. The monoisotopic (exact) mass is 583 g/mol. The zero-order chi connectivity index (χ0) is 31.0. The van der Waals surface area contributed by atoms with Gasteiger partial charge in [0.05, 0.1) is 11.1 Å². The number of alkyl halides is 3. The maximum absolute atomic E-state index is 13.4. The fraction of sp³-hybridized carbons (Fsp3) is 0.424. The predicted molar refractivity (Wildman–Crippen MR) is 166 cm³/mol. The van der Waals surface area contributed by atoms with Gasteiger partial charge in [0.2, 0.25) is 0 Å². The summed E-state index contributed by atoms with van der Waals surface area (Å²) in [4.78, 5) is 23.0. The van der Waals surface area contributed by atoms with E-state index in [1.54, 1.807) is 43.7 Å². The van der Waals surface area contributed by atoms with Crippen molar-refractivity contribution in [2.24, 2.45) is 0 Å². The van der Waals surface area contributed by atoms with Gasteiger partial charge in [-0.05, 0) is 118 Å². The van der Waals surface area contributed by atoms with Gasteiger partial charge in [0.1, 0.15) is 5.82 Å². The number of rotatable bonds is 9. The minimum Gasteiger partial charge on any atom is -0.347 e. The Kier molecular flexibility index (Phi) is 14.7. The molecule has 0 spiro atoms. The molecule has 1 aliphatic rings. The van der Waals surface area contributed by atoms with Crippen molar-refractivity contribution in [1.29, 1.82) is 0 Å². The van der Waals surface area contributed by atoms with Gasteiger partial charge in [-0.3, -0.25) is 9.78 Å². The third-order valence-corrected chi connectivity index (χ3v) is 6.70. The maximum atomic E-state index is 13.4. The number of nitrogens with one attached hydrogen (secondary N) is 2. The van der Waals surface area contributed by atoms with E-state index in [4.69, 9.17) is 0 Å². The van der Waals surface area contributed by atoms with E-state index in [-0.39, 0.29) is 5.69 Å². The lowest BCUT2D eigenvalue weighted by Gasteiger charge is -2.26. The molecule has 0 aliphatic carbocycles. The molecule has 2 aromatic heterocycles. The van der Waals surface area contributed by atoms with Crippen LogP contribution in [0.2, 0.25) is 0 Å². The van der Waals surface area contributed by atoms with E-state index in [0.717, 1.165) is 44.4 Å². The first kappa shape index (κ1) is 34.5. The third-order valence-electron chi connectivity index (χ3n) is 6.70. The first-order valence-electron chi connectivity index (χ1n) is 14.7. The number of halogens is 3. The van der Waals surface area contributed by atoms with E-state index in [9.17, 15) is 18.0 Å². The lowest BCUT2D eigenvalue weighted by atomic mass is 10.0. The van der Waals surface area contributed by atoms with Gasteiger partial charge in [0.15, 0.2) is 0 Å². The van der Waals surface area contributed by atoms with Crippen molar-refractivity contribution in [3.05, 3.63) is 95.6 Å². The summed E-state index contributed by atoms with van der Waals surface area (Å²) < 4.78 is 40.1. The molecule has 0 atom stereocenters. The highest BCUT2D eigenvalue weighted by atomic mass is 19.4. The molecule has 1 saturated heterocycles. The number of benzene rings is 1. The Hall–Kier alpha value is -3.72. The highest BCUT2D eigenvalue weighted by molar-refractivity contribution is 6.05. The van der Waals surface area contributed by atoms with Crippen LogP contribution in [0.25, 0.3) is 0 Å². The molecular weight excluding hydrogens is 539 g/mol. The summed E-state index contributed by atoms with van der Waals surface area (Å²) in [6, 6.07) is 11.1. The molecule has 228 valence electrons. The molecule has 0 unspecified atom stereocenters. The quantitative estimate of drug-likeness (QED) is 0.265. The zero-order valence-corrected chi connectivity index (χ0v) is 25.2. The van der Waals surface area contributed by atoms with Crippen LogP contribution in [0.1, 0.15) is 79.2 Å². The van der Waals surface area contributed by atoms with Gasteiger partial charge in [-0.1, -0.05) is 33.8 Å². The zero-order valence-electron chi connectivity index (χ0n) is 25.2. The molecular formula is C33H44F3N5O. The number of anilines is 2. The van der Waals surface area contributed by atoms with Crippen LogP contribution >= 0.6 is 0 Å². The number of carbonyl (C=O) groups is 1. The van der Waals surface area contributed by atoms with Gasteiger partial charge in [-0.2, -0.15) is 13.2 Å². The average molecular weight is 584 g/mol. The Morgan fingerprint density at radius 2 is 1.76 bits per heavy atom. The van der Waals surface area contributed by atoms with Crippen molar-refractivity contribution >= 4 is 17.4 Å². The summed E-state index contributed by atoms with van der Waals surface area (Å²) >= 11 is 0. The molecule has 1 fully saturated rings. The Balaban J connectivity index is 0.000000396. The third kappa shape index (κ3) is 11.6. The molecule has 0 bridgehead atoms. The van der Waals surface area contributed by atoms with E-state index < -0.39 is 17.6 Å². The molecule has 3 heterocycles. The second kappa shape index (κ2) is 18.0. The molecule has 3 aromatic rings. The number of nitrogens with zero attached hydrogens (tertiary/aromatic N) is 3. The highest BCUT2D eigenvalue weighted by Crippen LogP contribution is 2.32. The van der Waals surface area contributed by atoms with E-state index >= 15 is 0 Å². The minimum absolute atomic E-state index is 0.154. The number of amides is 1. The summed E-state index contributed by atoms with van der Waals surface area (Å²) in [5, 5.41) is 5.54. The van der Waals surface area contributed by atoms with Crippen molar-refractivity contribution < 1.29 is 18.0 Å². The van der Waals surface area contributed by atoms with E-state index in [1.807, 2.05) is 26.0 Å². The molecule has 6 nitrogen and oxygen atoms in total. The second-order valence-corrected chi connectivity index (χ2v) is 9.76. The number of carbonyl (C=O) groups excluding carboxylic acids is 1.